The SMILES string of the molecule is [N-]=[N+]=NCC#Cc1cccnc1Br. The first-order valence-corrected chi connectivity index (χ1v) is 4.24. The second-order valence-electron chi connectivity index (χ2n) is 2.03. The number of hydrogen-bond donors (Lipinski definition) is 0. The molecule has 1 aromatic heterocycles. The molecule has 0 atom stereocenters. The van der Waals surface area contributed by atoms with E-state index >= 15 is 0 Å². The van der Waals surface area contributed by atoms with E-state index in [1.807, 2.05) is 6.07 Å². The number of aromatic nitrogens is 1. The molecule has 0 aromatic carbocycles. The van der Waals surface area contributed by atoms with E-state index in [1.165, 1.54) is 0 Å². The predicted octanol–water partition coefficient (Wildman–Crippen LogP) is 2.51. The van der Waals surface area contributed by atoms with E-state index in [1.54, 1.807) is 12.3 Å². The normalized spacial score (nSPS) is 8.08. The van der Waals surface area contributed by atoms with Crippen molar-refractivity contribution in [3.05, 3.63) is 38.9 Å². The number of azide groups is 1. The Morgan fingerprint density at radius 1 is 1.69 bits per heavy atom. The molecule has 0 radical (unpaired) electrons. The first kappa shape index (κ1) is 9.59. The zero-order valence-corrected chi connectivity index (χ0v) is 8.19. The summed E-state index contributed by atoms with van der Waals surface area (Å²) >= 11 is 3.25. The lowest BCUT2D eigenvalue weighted by atomic mass is 10.3. The molecule has 64 valence electrons. The van der Waals surface area contributed by atoms with E-state index in [0.717, 1.165) is 5.56 Å². The van der Waals surface area contributed by atoms with Crippen LogP contribution in [0.4, 0.5) is 0 Å². The summed E-state index contributed by atoms with van der Waals surface area (Å²) in [6.45, 7) is 0.178. The van der Waals surface area contributed by atoms with Gasteiger partial charge in [0.1, 0.15) is 4.60 Å². The highest BCUT2D eigenvalue weighted by Crippen LogP contribution is 2.10. The van der Waals surface area contributed by atoms with Gasteiger partial charge in [-0.15, -0.1) is 0 Å². The minimum absolute atomic E-state index is 0.178. The molecule has 0 amide bonds. The second-order valence-corrected chi connectivity index (χ2v) is 2.78. The molecular weight excluding hydrogens is 232 g/mol. The largest absolute Gasteiger partial charge is 0.248 e. The Hall–Kier alpha value is -1.50. The van der Waals surface area contributed by atoms with Gasteiger partial charge in [0, 0.05) is 11.1 Å². The third kappa shape index (κ3) is 3.16. The molecule has 0 saturated heterocycles. The minimum atomic E-state index is 0.178. The van der Waals surface area contributed by atoms with E-state index < -0.39 is 0 Å². The van der Waals surface area contributed by atoms with Crippen LogP contribution in [0.3, 0.4) is 0 Å². The number of nitrogens with zero attached hydrogens (tertiary/aromatic N) is 4. The summed E-state index contributed by atoms with van der Waals surface area (Å²) < 4.78 is 0.698. The van der Waals surface area contributed by atoms with Gasteiger partial charge >= 0.3 is 0 Å². The zero-order chi connectivity index (χ0) is 9.52. The maximum absolute atomic E-state index is 7.99. The fraction of sp³-hybridized carbons (Fsp3) is 0.125. The van der Waals surface area contributed by atoms with E-state index in [0.29, 0.717) is 4.60 Å². The van der Waals surface area contributed by atoms with E-state index in [4.69, 9.17) is 5.53 Å². The van der Waals surface area contributed by atoms with Crippen LogP contribution in [-0.4, -0.2) is 11.5 Å². The molecule has 0 bridgehead atoms. The lowest BCUT2D eigenvalue weighted by Gasteiger charge is -1.91. The van der Waals surface area contributed by atoms with Gasteiger partial charge in [0.05, 0.1) is 12.1 Å². The molecule has 0 fully saturated rings. The predicted molar refractivity (Wildman–Crippen MR) is 52.8 cm³/mol. The summed E-state index contributed by atoms with van der Waals surface area (Å²) in [5, 5.41) is 3.29. The van der Waals surface area contributed by atoms with Crippen LogP contribution in [0, 0.1) is 11.8 Å². The third-order valence-corrected chi connectivity index (χ3v) is 1.83. The monoisotopic (exact) mass is 236 g/mol. The third-order valence-electron chi connectivity index (χ3n) is 1.20. The highest BCUT2D eigenvalue weighted by atomic mass is 79.9. The fourth-order valence-corrected chi connectivity index (χ4v) is 1.03. The molecule has 1 aromatic rings. The Morgan fingerprint density at radius 3 is 3.23 bits per heavy atom. The molecule has 0 spiro atoms. The van der Waals surface area contributed by atoms with Crippen molar-refractivity contribution in [3.8, 4) is 11.8 Å². The lowest BCUT2D eigenvalue weighted by molar-refractivity contribution is 1.24. The minimum Gasteiger partial charge on any atom is -0.248 e. The van der Waals surface area contributed by atoms with Gasteiger partial charge in [-0.05, 0) is 33.6 Å². The first-order chi connectivity index (χ1) is 6.34. The van der Waals surface area contributed by atoms with Crippen LogP contribution >= 0.6 is 15.9 Å². The Kier molecular flexibility index (Phi) is 3.83. The summed E-state index contributed by atoms with van der Waals surface area (Å²) in [4.78, 5) is 6.57. The van der Waals surface area contributed by atoms with Gasteiger partial charge in [-0.2, -0.15) is 0 Å². The second kappa shape index (κ2) is 5.20. The van der Waals surface area contributed by atoms with Gasteiger partial charge in [-0.3, -0.25) is 0 Å². The molecule has 0 saturated carbocycles. The Balaban J connectivity index is 2.77. The van der Waals surface area contributed by atoms with Gasteiger partial charge in [-0.1, -0.05) is 17.0 Å². The van der Waals surface area contributed by atoms with Crippen molar-refractivity contribution in [1.82, 2.24) is 4.98 Å². The van der Waals surface area contributed by atoms with Crippen molar-refractivity contribution in [1.29, 1.82) is 0 Å². The maximum atomic E-state index is 7.99. The van der Waals surface area contributed by atoms with E-state index in [2.05, 4.69) is 42.8 Å². The topological polar surface area (TPSA) is 61.7 Å². The number of pyridine rings is 1. The highest BCUT2D eigenvalue weighted by molar-refractivity contribution is 9.10. The molecule has 5 heteroatoms. The summed E-state index contributed by atoms with van der Waals surface area (Å²) in [6, 6.07) is 3.63. The van der Waals surface area contributed by atoms with E-state index in [-0.39, 0.29) is 6.54 Å². The van der Waals surface area contributed by atoms with Gasteiger partial charge in [-0.25, -0.2) is 4.98 Å². The fourth-order valence-electron chi connectivity index (χ4n) is 0.681. The maximum Gasteiger partial charge on any atom is 0.121 e. The van der Waals surface area contributed by atoms with Gasteiger partial charge in [0.25, 0.3) is 0 Å². The van der Waals surface area contributed by atoms with Crippen LogP contribution in [0.2, 0.25) is 0 Å². The summed E-state index contributed by atoms with van der Waals surface area (Å²) in [6.07, 6.45) is 1.67. The van der Waals surface area contributed by atoms with Crippen LogP contribution in [0.25, 0.3) is 10.4 Å². The molecule has 1 heterocycles. The molecular formula is C8H5BrN4. The highest BCUT2D eigenvalue weighted by Gasteiger charge is 1.92. The average molecular weight is 237 g/mol. The van der Waals surface area contributed by atoms with Gasteiger partial charge < -0.3 is 0 Å². The van der Waals surface area contributed by atoms with Crippen molar-refractivity contribution in [2.75, 3.05) is 6.54 Å². The molecule has 0 aliphatic rings. The van der Waals surface area contributed by atoms with Crippen LogP contribution in [-0.2, 0) is 0 Å². The summed E-state index contributed by atoms with van der Waals surface area (Å²) in [5.74, 6) is 5.53. The summed E-state index contributed by atoms with van der Waals surface area (Å²) in [7, 11) is 0. The average Bonchev–Trinajstić information content (AvgIpc) is 2.15. The molecule has 0 unspecified atom stereocenters. The number of hydrogen-bond acceptors (Lipinski definition) is 2. The quantitative estimate of drug-likeness (QED) is 0.243. The van der Waals surface area contributed by atoms with Crippen molar-refractivity contribution < 1.29 is 0 Å². The number of rotatable bonds is 1. The van der Waals surface area contributed by atoms with Gasteiger partial charge in [0.2, 0.25) is 0 Å². The van der Waals surface area contributed by atoms with Crippen molar-refractivity contribution >= 4 is 15.9 Å². The molecule has 1 rings (SSSR count). The van der Waals surface area contributed by atoms with Crippen molar-refractivity contribution in [3.63, 3.8) is 0 Å². The molecule has 13 heavy (non-hydrogen) atoms. The Morgan fingerprint density at radius 2 is 2.54 bits per heavy atom. The summed E-state index contributed by atoms with van der Waals surface area (Å²) in [5.41, 5.74) is 8.77. The molecule has 0 aliphatic heterocycles. The Bertz CT molecular complexity index is 398. The van der Waals surface area contributed by atoms with Crippen molar-refractivity contribution in [2.24, 2.45) is 5.11 Å². The van der Waals surface area contributed by atoms with Crippen LogP contribution < -0.4 is 0 Å². The van der Waals surface area contributed by atoms with Gasteiger partial charge in [0.15, 0.2) is 0 Å². The van der Waals surface area contributed by atoms with Crippen molar-refractivity contribution in [2.45, 2.75) is 0 Å². The van der Waals surface area contributed by atoms with Crippen LogP contribution in [0.5, 0.6) is 0 Å². The van der Waals surface area contributed by atoms with Crippen LogP contribution in [0.1, 0.15) is 5.56 Å². The zero-order valence-electron chi connectivity index (χ0n) is 6.61. The van der Waals surface area contributed by atoms with Crippen LogP contribution in [0.15, 0.2) is 28.0 Å². The molecule has 0 N–H and O–H groups in total. The Labute approximate surface area is 83.7 Å². The van der Waals surface area contributed by atoms with E-state index in [9.17, 15) is 0 Å². The lowest BCUT2D eigenvalue weighted by Crippen LogP contribution is -1.80. The standard InChI is InChI=1S/C8H5BrN4/c9-8-7(3-1-5-11-8)4-2-6-12-13-10/h1,3,5H,6H2. The number of halogens is 1. The smallest absolute Gasteiger partial charge is 0.121 e. The molecule has 0 aliphatic carbocycles. The first-order valence-electron chi connectivity index (χ1n) is 3.45. The molecule has 4 nitrogen and oxygen atoms in total.